The summed E-state index contributed by atoms with van der Waals surface area (Å²) in [4.78, 5) is 14.9. The summed E-state index contributed by atoms with van der Waals surface area (Å²) in [6.45, 7) is 3.34. The smallest absolute Gasteiger partial charge is 0.237 e. The van der Waals surface area contributed by atoms with E-state index in [4.69, 9.17) is 9.84 Å². The van der Waals surface area contributed by atoms with Crippen LogP contribution in [-0.2, 0) is 11.2 Å². The first-order chi connectivity index (χ1) is 15.7. The zero-order valence-corrected chi connectivity index (χ0v) is 18.6. The molecule has 0 unspecified atom stereocenters. The van der Waals surface area contributed by atoms with E-state index in [-0.39, 0.29) is 11.7 Å². The van der Waals surface area contributed by atoms with Crippen molar-refractivity contribution in [1.82, 2.24) is 19.8 Å². The van der Waals surface area contributed by atoms with Gasteiger partial charge in [-0.2, -0.15) is 9.61 Å². The number of aryl methyl sites for hydroxylation is 1. The molecule has 0 fully saturated rings. The summed E-state index contributed by atoms with van der Waals surface area (Å²) >= 11 is 1.36. The van der Waals surface area contributed by atoms with E-state index in [9.17, 15) is 4.79 Å². The number of benzene rings is 2. The first-order valence-corrected chi connectivity index (χ1v) is 11.7. The zero-order chi connectivity index (χ0) is 21.9. The van der Waals surface area contributed by atoms with Crippen molar-refractivity contribution in [3.63, 3.8) is 0 Å². The number of carbonyl (C=O) groups excluding carboxylic acids is 1. The average Bonchev–Trinajstić information content (AvgIpc) is 3.25. The van der Waals surface area contributed by atoms with Crippen LogP contribution in [0.5, 0.6) is 5.75 Å². The van der Waals surface area contributed by atoms with Crippen molar-refractivity contribution in [3.05, 3.63) is 66.2 Å². The number of nitrogens with zero attached hydrogens (tertiary/aromatic N) is 5. The molecule has 2 aromatic heterocycles. The average molecular weight is 446 g/mol. The van der Waals surface area contributed by atoms with Crippen LogP contribution in [0, 0.1) is 0 Å². The van der Waals surface area contributed by atoms with Gasteiger partial charge in [0.25, 0.3) is 0 Å². The molecule has 3 heterocycles. The summed E-state index contributed by atoms with van der Waals surface area (Å²) in [7, 11) is 0. The highest BCUT2D eigenvalue weighted by atomic mass is 32.2. The van der Waals surface area contributed by atoms with Gasteiger partial charge in [0.15, 0.2) is 5.65 Å². The van der Waals surface area contributed by atoms with E-state index in [2.05, 4.69) is 16.3 Å². The SMILES string of the molecule is CCOc1ccc(-c2ccc3nnc(SCC(=O)N4CCCc5ccccc54)n3n2)cc1. The summed E-state index contributed by atoms with van der Waals surface area (Å²) in [6.07, 6.45) is 1.99. The minimum absolute atomic E-state index is 0.0709. The number of para-hydroxylation sites is 1. The Hall–Kier alpha value is -3.39. The molecular weight excluding hydrogens is 422 g/mol. The Labute approximate surface area is 190 Å². The normalized spacial score (nSPS) is 13.2. The van der Waals surface area contributed by atoms with Crippen LogP contribution in [-0.4, -0.2) is 44.6 Å². The second kappa shape index (κ2) is 9.00. The van der Waals surface area contributed by atoms with Crippen molar-refractivity contribution in [2.45, 2.75) is 24.9 Å². The number of carbonyl (C=O) groups is 1. The lowest BCUT2D eigenvalue weighted by molar-refractivity contribution is -0.116. The highest BCUT2D eigenvalue weighted by Gasteiger charge is 2.23. The Morgan fingerprint density at radius 2 is 1.91 bits per heavy atom. The van der Waals surface area contributed by atoms with Crippen molar-refractivity contribution >= 4 is 29.0 Å². The molecule has 162 valence electrons. The first-order valence-electron chi connectivity index (χ1n) is 10.7. The third-order valence-electron chi connectivity index (χ3n) is 5.43. The van der Waals surface area contributed by atoms with Gasteiger partial charge in [0.1, 0.15) is 5.75 Å². The molecule has 0 N–H and O–H groups in total. The lowest BCUT2D eigenvalue weighted by Gasteiger charge is -2.29. The van der Waals surface area contributed by atoms with Crippen LogP contribution in [0.4, 0.5) is 5.69 Å². The van der Waals surface area contributed by atoms with Gasteiger partial charge in [-0.25, -0.2) is 0 Å². The number of aromatic nitrogens is 4. The van der Waals surface area contributed by atoms with Crippen molar-refractivity contribution in [2.24, 2.45) is 0 Å². The summed E-state index contributed by atoms with van der Waals surface area (Å²) in [5, 5.41) is 13.8. The molecule has 7 nitrogen and oxygen atoms in total. The summed E-state index contributed by atoms with van der Waals surface area (Å²) in [5.41, 5.74) is 4.68. The van der Waals surface area contributed by atoms with Gasteiger partial charge in [-0.15, -0.1) is 10.2 Å². The molecule has 1 aliphatic heterocycles. The van der Waals surface area contributed by atoms with Crippen LogP contribution in [0.1, 0.15) is 18.9 Å². The standard InChI is InChI=1S/C24H23N5O2S/c1-2-31-19-11-9-17(10-12-19)20-13-14-22-25-26-24(29(22)27-20)32-16-23(30)28-15-5-7-18-6-3-4-8-21(18)28/h3-4,6,8-14H,2,5,7,15-16H2,1H3. The number of thioether (sulfide) groups is 1. The fraction of sp³-hybridized carbons (Fsp3) is 0.250. The molecule has 0 aliphatic carbocycles. The number of hydrogen-bond donors (Lipinski definition) is 0. The minimum atomic E-state index is 0.0709. The van der Waals surface area contributed by atoms with E-state index in [0.29, 0.717) is 17.4 Å². The number of ether oxygens (including phenoxy) is 1. The fourth-order valence-electron chi connectivity index (χ4n) is 3.90. The van der Waals surface area contributed by atoms with Gasteiger partial charge in [0, 0.05) is 17.8 Å². The van der Waals surface area contributed by atoms with Crippen LogP contribution in [0.25, 0.3) is 16.9 Å². The Bertz CT molecular complexity index is 1250. The zero-order valence-electron chi connectivity index (χ0n) is 17.8. The van der Waals surface area contributed by atoms with Crippen molar-refractivity contribution in [2.75, 3.05) is 23.8 Å². The van der Waals surface area contributed by atoms with E-state index >= 15 is 0 Å². The molecule has 0 bridgehead atoms. The Morgan fingerprint density at radius 1 is 1.06 bits per heavy atom. The molecular formula is C24H23N5O2S. The van der Waals surface area contributed by atoms with Gasteiger partial charge in [0.05, 0.1) is 18.1 Å². The Kier molecular flexibility index (Phi) is 5.77. The van der Waals surface area contributed by atoms with Gasteiger partial charge in [0.2, 0.25) is 11.1 Å². The Balaban J connectivity index is 1.34. The predicted molar refractivity (Wildman–Crippen MR) is 125 cm³/mol. The van der Waals surface area contributed by atoms with Crippen LogP contribution in [0.2, 0.25) is 0 Å². The van der Waals surface area contributed by atoms with Crippen LogP contribution in [0.15, 0.2) is 65.8 Å². The van der Waals surface area contributed by atoms with Gasteiger partial charge in [-0.1, -0.05) is 30.0 Å². The molecule has 32 heavy (non-hydrogen) atoms. The third-order valence-corrected chi connectivity index (χ3v) is 6.34. The molecule has 0 radical (unpaired) electrons. The largest absolute Gasteiger partial charge is 0.494 e. The van der Waals surface area contributed by atoms with E-state index in [0.717, 1.165) is 42.1 Å². The lowest BCUT2D eigenvalue weighted by Crippen LogP contribution is -2.36. The highest BCUT2D eigenvalue weighted by Crippen LogP contribution is 2.28. The number of fused-ring (bicyclic) bond motifs is 2. The Morgan fingerprint density at radius 3 is 2.75 bits per heavy atom. The molecule has 5 rings (SSSR count). The quantitative estimate of drug-likeness (QED) is 0.413. The summed E-state index contributed by atoms with van der Waals surface area (Å²) in [6, 6.07) is 19.8. The summed E-state index contributed by atoms with van der Waals surface area (Å²) < 4.78 is 7.22. The molecule has 1 amide bonds. The minimum Gasteiger partial charge on any atom is -0.494 e. The lowest BCUT2D eigenvalue weighted by atomic mass is 10.0. The highest BCUT2D eigenvalue weighted by molar-refractivity contribution is 7.99. The first kappa shape index (κ1) is 20.5. The molecule has 0 spiro atoms. The van der Waals surface area contributed by atoms with Crippen LogP contribution < -0.4 is 9.64 Å². The fourth-order valence-corrected chi connectivity index (χ4v) is 4.66. The topological polar surface area (TPSA) is 72.6 Å². The van der Waals surface area contributed by atoms with E-state index in [1.807, 2.05) is 66.4 Å². The van der Waals surface area contributed by atoms with Gasteiger partial charge in [-0.3, -0.25) is 4.79 Å². The molecule has 0 atom stereocenters. The molecule has 8 heteroatoms. The monoisotopic (exact) mass is 445 g/mol. The third kappa shape index (κ3) is 4.05. The van der Waals surface area contributed by atoms with Crippen LogP contribution >= 0.6 is 11.8 Å². The molecule has 2 aromatic carbocycles. The van der Waals surface area contributed by atoms with Gasteiger partial charge < -0.3 is 9.64 Å². The molecule has 1 aliphatic rings. The van der Waals surface area contributed by atoms with Crippen molar-refractivity contribution in [1.29, 1.82) is 0 Å². The summed E-state index contributed by atoms with van der Waals surface area (Å²) in [5.74, 6) is 1.18. The molecule has 4 aromatic rings. The van der Waals surface area contributed by atoms with Crippen molar-refractivity contribution in [3.8, 4) is 17.0 Å². The number of hydrogen-bond acceptors (Lipinski definition) is 6. The van der Waals surface area contributed by atoms with E-state index in [1.165, 1.54) is 17.3 Å². The maximum Gasteiger partial charge on any atom is 0.237 e. The molecule has 0 saturated heterocycles. The number of amides is 1. The second-order valence-electron chi connectivity index (χ2n) is 7.49. The van der Waals surface area contributed by atoms with E-state index in [1.54, 1.807) is 4.52 Å². The van der Waals surface area contributed by atoms with E-state index < -0.39 is 0 Å². The van der Waals surface area contributed by atoms with Gasteiger partial charge >= 0.3 is 0 Å². The maximum absolute atomic E-state index is 13.0. The van der Waals surface area contributed by atoms with Crippen molar-refractivity contribution < 1.29 is 9.53 Å². The second-order valence-corrected chi connectivity index (χ2v) is 8.44. The number of rotatable bonds is 6. The van der Waals surface area contributed by atoms with Crippen LogP contribution in [0.3, 0.4) is 0 Å². The van der Waals surface area contributed by atoms with Gasteiger partial charge in [-0.05, 0) is 67.8 Å². The maximum atomic E-state index is 13.0. The molecule has 0 saturated carbocycles. The predicted octanol–water partition coefficient (Wildman–Crippen LogP) is 4.26. The number of anilines is 1.